The lowest BCUT2D eigenvalue weighted by atomic mass is 10.1. The van der Waals surface area contributed by atoms with Gasteiger partial charge in [0.05, 0.1) is 11.7 Å². The van der Waals surface area contributed by atoms with Crippen LogP contribution in [-0.2, 0) is 6.61 Å². The summed E-state index contributed by atoms with van der Waals surface area (Å²) in [4.78, 5) is 25.4. The Morgan fingerprint density at radius 1 is 1.24 bits per heavy atom. The molecule has 3 aromatic rings. The van der Waals surface area contributed by atoms with Gasteiger partial charge in [-0.3, -0.25) is 9.78 Å². The number of pyridine rings is 2. The van der Waals surface area contributed by atoms with E-state index in [4.69, 9.17) is 4.74 Å². The molecule has 4 rings (SSSR count). The van der Waals surface area contributed by atoms with E-state index in [1.807, 2.05) is 19.9 Å². The van der Waals surface area contributed by atoms with Crippen molar-refractivity contribution in [3.8, 4) is 17.6 Å². The summed E-state index contributed by atoms with van der Waals surface area (Å²) >= 11 is 0. The van der Waals surface area contributed by atoms with Crippen LogP contribution in [0, 0.1) is 24.7 Å². The van der Waals surface area contributed by atoms with Gasteiger partial charge < -0.3 is 9.30 Å². The zero-order valence-electron chi connectivity index (χ0n) is 16.5. The Hall–Kier alpha value is -3.46. The van der Waals surface area contributed by atoms with E-state index in [-0.39, 0.29) is 18.2 Å². The van der Waals surface area contributed by atoms with Crippen molar-refractivity contribution in [3.05, 3.63) is 82.1 Å². The monoisotopic (exact) mass is 386 g/mol. The molecule has 1 aliphatic rings. The van der Waals surface area contributed by atoms with E-state index < -0.39 is 0 Å². The van der Waals surface area contributed by atoms with Gasteiger partial charge in [-0.15, -0.1) is 0 Å². The predicted octanol–water partition coefficient (Wildman–Crippen LogP) is 3.29. The van der Waals surface area contributed by atoms with Crippen LogP contribution in [0.5, 0.6) is 5.75 Å². The molecule has 0 N–H and O–H groups in total. The fourth-order valence-electron chi connectivity index (χ4n) is 3.07. The van der Waals surface area contributed by atoms with Crippen molar-refractivity contribution < 1.29 is 4.74 Å². The molecule has 3 aromatic heterocycles. The summed E-state index contributed by atoms with van der Waals surface area (Å²) in [6, 6.07) is 6.83. The average Bonchev–Trinajstić information content (AvgIpc) is 3.56. The van der Waals surface area contributed by atoms with Gasteiger partial charge in [0, 0.05) is 42.3 Å². The maximum atomic E-state index is 12.6. The van der Waals surface area contributed by atoms with Crippen LogP contribution in [0.4, 0.5) is 0 Å². The van der Waals surface area contributed by atoms with Crippen LogP contribution < -0.4 is 10.3 Å². The predicted molar refractivity (Wildman–Crippen MR) is 109 cm³/mol. The fourth-order valence-corrected chi connectivity index (χ4v) is 3.07. The highest BCUT2D eigenvalue weighted by Gasteiger charge is 2.18. The lowest BCUT2D eigenvalue weighted by molar-refractivity contribution is 0.294. The smallest absolute Gasteiger partial charge is 0.254 e. The Morgan fingerprint density at radius 2 is 2.03 bits per heavy atom. The van der Waals surface area contributed by atoms with E-state index in [0.29, 0.717) is 17.5 Å². The van der Waals surface area contributed by atoms with Gasteiger partial charge in [0.1, 0.15) is 12.4 Å². The van der Waals surface area contributed by atoms with Gasteiger partial charge in [-0.1, -0.05) is 11.8 Å². The maximum Gasteiger partial charge on any atom is 0.254 e. The normalized spacial score (nSPS) is 14.0. The summed E-state index contributed by atoms with van der Waals surface area (Å²) in [6.07, 6.45) is 9.24. The summed E-state index contributed by atoms with van der Waals surface area (Å²) in [6.45, 7) is 4.18. The molecule has 6 nitrogen and oxygen atoms in total. The van der Waals surface area contributed by atoms with Crippen LogP contribution in [0.3, 0.4) is 0 Å². The first kappa shape index (κ1) is 18.9. The zero-order chi connectivity index (χ0) is 20.2. The second-order valence-electron chi connectivity index (χ2n) is 7.21. The Bertz CT molecular complexity index is 1120. The molecule has 146 valence electrons. The molecule has 1 fully saturated rings. The summed E-state index contributed by atoms with van der Waals surface area (Å²) in [5, 5.41) is 0. The van der Waals surface area contributed by atoms with Crippen molar-refractivity contribution >= 4 is 0 Å². The highest BCUT2D eigenvalue weighted by atomic mass is 16.5. The SMILES string of the molecule is Cc1cc(C#CC2CC2)cnc1C(C)n1ccc(OCc2ncccn2)cc1=O. The third kappa shape index (κ3) is 4.69. The maximum absolute atomic E-state index is 12.6. The van der Waals surface area contributed by atoms with E-state index in [2.05, 4.69) is 26.8 Å². The van der Waals surface area contributed by atoms with Crippen molar-refractivity contribution in [1.82, 2.24) is 19.5 Å². The molecule has 0 radical (unpaired) electrons. The zero-order valence-corrected chi connectivity index (χ0v) is 16.5. The van der Waals surface area contributed by atoms with Gasteiger partial charge in [0.25, 0.3) is 5.56 Å². The minimum atomic E-state index is -0.195. The van der Waals surface area contributed by atoms with Gasteiger partial charge in [-0.05, 0) is 50.5 Å². The largest absolute Gasteiger partial charge is 0.485 e. The summed E-state index contributed by atoms with van der Waals surface area (Å²) in [5.41, 5.74) is 2.65. The molecule has 0 aliphatic heterocycles. The first-order chi connectivity index (χ1) is 14.1. The third-order valence-corrected chi connectivity index (χ3v) is 4.84. The van der Waals surface area contributed by atoms with Gasteiger partial charge in [-0.2, -0.15) is 0 Å². The van der Waals surface area contributed by atoms with E-state index in [1.54, 1.807) is 41.5 Å². The number of nitrogens with zero attached hydrogens (tertiary/aromatic N) is 4. The molecule has 0 aromatic carbocycles. The summed E-state index contributed by atoms with van der Waals surface area (Å²) in [5.74, 6) is 8.05. The van der Waals surface area contributed by atoms with Crippen LogP contribution >= 0.6 is 0 Å². The molecule has 0 saturated heterocycles. The number of aromatic nitrogens is 4. The Balaban J connectivity index is 1.49. The molecular formula is C23H22N4O2. The van der Waals surface area contributed by atoms with Crippen LogP contribution in [0.25, 0.3) is 0 Å². The second kappa shape index (κ2) is 8.27. The molecule has 3 heterocycles. The van der Waals surface area contributed by atoms with Gasteiger partial charge in [-0.25, -0.2) is 9.97 Å². The van der Waals surface area contributed by atoms with Crippen molar-refractivity contribution in [2.45, 2.75) is 39.3 Å². The van der Waals surface area contributed by atoms with Crippen molar-refractivity contribution in [2.24, 2.45) is 5.92 Å². The minimum Gasteiger partial charge on any atom is -0.485 e. The first-order valence-corrected chi connectivity index (χ1v) is 9.69. The van der Waals surface area contributed by atoms with Gasteiger partial charge in [0.15, 0.2) is 5.82 Å². The highest BCUT2D eigenvalue weighted by molar-refractivity contribution is 5.38. The molecule has 1 aliphatic carbocycles. The van der Waals surface area contributed by atoms with Crippen LogP contribution in [-0.4, -0.2) is 19.5 Å². The molecule has 0 amide bonds. The molecule has 6 heteroatoms. The Labute approximate surface area is 169 Å². The Kier molecular flexibility index (Phi) is 5.39. The average molecular weight is 386 g/mol. The summed E-state index contributed by atoms with van der Waals surface area (Å²) < 4.78 is 7.28. The minimum absolute atomic E-state index is 0.150. The fraction of sp³-hybridized carbons (Fsp3) is 0.304. The van der Waals surface area contributed by atoms with Crippen LogP contribution in [0.2, 0.25) is 0 Å². The Morgan fingerprint density at radius 3 is 2.72 bits per heavy atom. The lowest BCUT2D eigenvalue weighted by Gasteiger charge is -2.17. The van der Waals surface area contributed by atoms with Crippen molar-refractivity contribution in [1.29, 1.82) is 0 Å². The topological polar surface area (TPSA) is 69.9 Å². The number of ether oxygens (including phenoxy) is 1. The standard InChI is InChI=1S/C23H22N4O2/c1-16-12-19(7-6-18-4-5-18)14-26-23(16)17(2)27-11-8-20(13-22(27)28)29-15-21-24-9-3-10-25-21/h3,8-14,17-18H,4-5,15H2,1-2H3. The molecule has 0 bridgehead atoms. The van der Waals surface area contributed by atoms with E-state index in [0.717, 1.165) is 16.8 Å². The van der Waals surface area contributed by atoms with E-state index in [1.165, 1.54) is 18.9 Å². The van der Waals surface area contributed by atoms with Gasteiger partial charge >= 0.3 is 0 Å². The van der Waals surface area contributed by atoms with Crippen molar-refractivity contribution in [3.63, 3.8) is 0 Å². The summed E-state index contributed by atoms with van der Waals surface area (Å²) in [7, 11) is 0. The molecular weight excluding hydrogens is 364 g/mol. The molecule has 1 unspecified atom stereocenters. The number of hydrogen-bond acceptors (Lipinski definition) is 5. The van der Waals surface area contributed by atoms with Crippen molar-refractivity contribution in [2.75, 3.05) is 0 Å². The van der Waals surface area contributed by atoms with Crippen LogP contribution in [0.1, 0.15) is 48.5 Å². The van der Waals surface area contributed by atoms with Crippen LogP contribution in [0.15, 0.2) is 53.8 Å². The quantitative estimate of drug-likeness (QED) is 0.630. The lowest BCUT2D eigenvalue weighted by Crippen LogP contribution is -2.24. The molecule has 0 spiro atoms. The number of aryl methyl sites for hydroxylation is 1. The first-order valence-electron chi connectivity index (χ1n) is 9.69. The third-order valence-electron chi connectivity index (χ3n) is 4.84. The molecule has 29 heavy (non-hydrogen) atoms. The second-order valence-corrected chi connectivity index (χ2v) is 7.21. The molecule has 1 saturated carbocycles. The van der Waals surface area contributed by atoms with E-state index >= 15 is 0 Å². The number of hydrogen-bond donors (Lipinski definition) is 0. The van der Waals surface area contributed by atoms with Gasteiger partial charge in [0.2, 0.25) is 0 Å². The number of rotatable bonds is 5. The highest BCUT2D eigenvalue weighted by Crippen LogP contribution is 2.27. The molecule has 1 atom stereocenters. The van der Waals surface area contributed by atoms with E-state index in [9.17, 15) is 4.79 Å².